The van der Waals surface area contributed by atoms with Gasteiger partial charge in [0, 0.05) is 17.0 Å². The molecule has 4 rings (SSSR count). The highest BCUT2D eigenvalue weighted by Gasteiger charge is 2.64. The second-order valence-corrected chi connectivity index (χ2v) is 9.24. The van der Waals surface area contributed by atoms with Crippen LogP contribution in [-0.2, 0) is 4.79 Å². The van der Waals surface area contributed by atoms with Crippen molar-refractivity contribution in [1.82, 2.24) is 0 Å². The fourth-order valence-corrected chi connectivity index (χ4v) is 5.20. The van der Waals surface area contributed by atoms with Crippen LogP contribution in [0, 0.1) is 33.5 Å². The number of ketones is 1. The number of nitriles is 2. The highest BCUT2D eigenvalue weighted by molar-refractivity contribution is 7.08. The Morgan fingerprint density at radius 2 is 1.89 bits per heavy atom. The van der Waals surface area contributed by atoms with E-state index in [1.165, 1.54) is 11.3 Å². The Bertz CT molecular complexity index is 1020. The molecule has 0 aliphatic carbocycles. The molecule has 1 aromatic carbocycles. The van der Waals surface area contributed by atoms with Gasteiger partial charge in [0.15, 0.2) is 11.2 Å². The molecule has 0 spiro atoms. The van der Waals surface area contributed by atoms with Crippen LogP contribution in [0.15, 0.2) is 47.2 Å². The molecule has 1 fully saturated rings. The molecule has 0 N–H and O–H groups in total. The van der Waals surface area contributed by atoms with E-state index in [1.54, 1.807) is 0 Å². The van der Waals surface area contributed by atoms with Crippen molar-refractivity contribution < 1.29 is 4.79 Å². The third kappa shape index (κ3) is 2.44. The summed E-state index contributed by atoms with van der Waals surface area (Å²) in [5.74, 6) is -0.465. The molecule has 4 nitrogen and oxygen atoms in total. The summed E-state index contributed by atoms with van der Waals surface area (Å²) >= 11 is 1.52. The highest BCUT2D eigenvalue weighted by Crippen LogP contribution is 2.56. The maximum Gasteiger partial charge on any atom is 0.176 e. The van der Waals surface area contributed by atoms with Crippen LogP contribution in [-0.4, -0.2) is 17.9 Å². The number of benzene rings is 1. The number of carbonyl (C=O) groups is 1. The summed E-state index contributed by atoms with van der Waals surface area (Å²) in [4.78, 5) is 15.7. The van der Waals surface area contributed by atoms with Crippen molar-refractivity contribution in [2.45, 2.75) is 38.8 Å². The van der Waals surface area contributed by atoms with Gasteiger partial charge in [-0.2, -0.15) is 21.9 Å². The zero-order valence-corrected chi connectivity index (χ0v) is 16.9. The van der Waals surface area contributed by atoms with E-state index < -0.39 is 28.8 Å². The molecule has 0 saturated carbocycles. The Balaban J connectivity index is 2.02. The maximum absolute atomic E-state index is 13.7. The van der Waals surface area contributed by atoms with E-state index in [1.807, 2.05) is 78.9 Å². The van der Waals surface area contributed by atoms with E-state index in [4.69, 9.17) is 0 Å². The van der Waals surface area contributed by atoms with Gasteiger partial charge in [-0.05, 0) is 34.0 Å². The first-order chi connectivity index (χ1) is 13.3. The number of rotatable bonds is 2. The van der Waals surface area contributed by atoms with Gasteiger partial charge < -0.3 is 4.90 Å². The standard InChI is InChI=1S/C23H21N3OS/c1-22(2,3)21(27)20-19(16-10-11-28-12-16)23(13-24,14-25)18-9-8-15-6-4-5-7-17(15)26(18)20/h4-12,18-20H,1-3H3/t18-,19+,20-/m1/s1. The number of thiophene rings is 1. The van der Waals surface area contributed by atoms with Crippen LogP contribution in [0.4, 0.5) is 5.69 Å². The maximum atomic E-state index is 13.7. The van der Waals surface area contributed by atoms with Crippen LogP contribution in [0.1, 0.15) is 37.8 Å². The van der Waals surface area contributed by atoms with E-state index in [-0.39, 0.29) is 5.78 Å². The van der Waals surface area contributed by atoms with Gasteiger partial charge in [-0.15, -0.1) is 0 Å². The van der Waals surface area contributed by atoms with Crippen LogP contribution in [0.5, 0.6) is 0 Å². The third-order valence-electron chi connectivity index (χ3n) is 5.83. The number of anilines is 1. The van der Waals surface area contributed by atoms with Crippen molar-refractivity contribution in [3.05, 3.63) is 58.3 Å². The zero-order chi connectivity index (χ0) is 20.1. The van der Waals surface area contributed by atoms with Gasteiger partial charge in [0.25, 0.3) is 0 Å². The quantitative estimate of drug-likeness (QED) is 0.745. The topological polar surface area (TPSA) is 67.9 Å². The van der Waals surface area contributed by atoms with Crippen LogP contribution in [0.3, 0.4) is 0 Å². The molecule has 2 aromatic rings. The monoisotopic (exact) mass is 387 g/mol. The number of Topliss-reactive ketones (excluding diaryl/α,β-unsaturated/α-hetero) is 1. The highest BCUT2D eigenvalue weighted by atomic mass is 32.1. The van der Waals surface area contributed by atoms with Gasteiger partial charge in [0.05, 0.1) is 24.2 Å². The minimum absolute atomic E-state index is 0.0474. The van der Waals surface area contributed by atoms with Crippen LogP contribution < -0.4 is 4.90 Å². The fourth-order valence-electron chi connectivity index (χ4n) is 4.50. The number of para-hydroxylation sites is 1. The Morgan fingerprint density at radius 3 is 2.50 bits per heavy atom. The Hall–Kier alpha value is -2.89. The van der Waals surface area contributed by atoms with Gasteiger partial charge in [-0.3, -0.25) is 4.79 Å². The smallest absolute Gasteiger partial charge is 0.176 e. The van der Waals surface area contributed by atoms with Crippen LogP contribution in [0.2, 0.25) is 0 Å². The first-order valence-electron chi connectivity index (χ1n) is 9.29. The Morgan fingerprint density at radius 1 is 1.18 bits per heavy atom. The second kappa shape index (κ2) is 6.33. The summed E-state index contributed by atoms with van der Waals surface area (Å²) in [5.41, 5.74) is 0.861. The summed E-state index contributed by atoms with van der Waals surface area (Å²) in [6, 6.07) is 13.4. The molecule has 28 heavy (non-hydrogen) atoms. The van der Waals surface area contributed by atoms with E-state index in [0.29, 0.717) is 0 Å². The SMILES string of the molecule is CC(C)(C)C(=O)[C@H]1[C@H](c2ccsc2)C(C#N)(C#N)[C@H]2C=Cc3ccccc3N12. The normalized spacial score (nSPS) is 24.8. The number of fused-ring (bicyclic) bond motifs is 3. The average molecular weight is 388 g/mol. The van der Waals surface area contributed by atoms with Crippen molar-refractivity contribution in [1.29, 1.82) is 10.5 Å². The molecule has 1 aromatic heterocycles. The minimum atomic E-state index is -1.34. The molecular weight excluding hydrogens is 366 g/mol. The number of hydrogen-bond acceptors (Lipinski definition) is 5. The van der Waals surface area contributed by atoms with E-state index in [9.17, 15) is 15.3 Å². The molecule has 0 bridgehead atoms. The lowest BCUT2D eigenvalue weighted by Gasteiger charge is -2.37. The summed E-state index contributed by atoms with van der Waals surface area (Å²) < 4.78 is 0. The lowest BCUT2D eigenvalue weighted by Crippen LogP contribution is -2.47. The Labute approximate surface area is 169 Å². The minimum Gasteiger partial charge on any atom is -0.351 e. The second-order valence-electron chi connectivity index (χ2n) is 8.46. The predicted molar refractivity (Wildman–Crippen MR) is 111 cm³/mol. The predicted octanol–water partition coefficient (Wildman–Crippen LogP) is 4.76. The van der Waals surface area contributed by atoms with Gasteiger partial charge in [-0.1, -0.05) is 51.1 Å². The summed E-state index contributed by atoms with van der Waals surface area (Å²) in [6.07, 6.45) is 3.89. The van der Waals surface area contributed by atoms with Crippen molar-refractivity contribution in [2.75, 3.05) is 4.90 Å². The third-order valence-corrected chi connectivity index (χ3v) is 6.53. The van der Waals surface area contributed by atoms with Crippen LogP contribution >= 0.6 is 11.3 Å². The first-order valence-corrected chi connectivity index (χ1v) is 10.2. The number of nitrogens with zero attached hydrogens (tertiary/aromatic N) is 3. The van der Waals surface area contributed by atoms with Gasteiger partial charge in [-0.25, -0.2) is 0 Å². The van der Waals surface area contributed by atoms with Crippen molar-refractivity contribution >= 4 is 28.9 Å². The van der Waals surface area contributed by atoms with E-state index in [0.717, 1.165) is 16.8 Å². The van der Waals surface area contributed by atoms with Gasteiger partial charge >= 0.3 is 0 Å². The molecular formula is C23H21N3OS. The van der Waals surface area contributed by atoms with Crippen molar-refractivity contribution in [3.8, 4) is 12.1 Å². The molecule has 2 aliphatic rings. The molecule has 3 atom stereocenters. The van der Waals surface area contributed by atoms with E-state index >= 15 is 0 Å². The van der Waals surface area contributed by atoms with Gasteiger partial charge in [0.2, 0.25) is 0 Å². The molecule has 0 unspecified atom stereocenters. The summed E-state index contributed by atoms with van der Waals surface area (Å²) in [5, 5.41) is 24.4. The first kappa shape index (κ1) is 18.5. The lowest BCUT2D eigenvalue weighted by molar-refractivity contribution is -0.127. The lowest BCUT2D eigenvalue weighted by atomic mass is 9.68. The Kier molecular flexibility index (Phi) is 4.17. The molecule has 2 aliphatic heterocycles. The fraction of sp³-hybridized carbons (Fsp3) is 0.348. The average Bonchev–Trinajstić information content (AvgIpc) is 3.30. The van der Waals surface area contributed by atoms with Crippen LogP contribution in [0.25, 0.3) is 6.08 Å². The largest absolute Gasteiger partial charge is 0.351 e. The summed E-state index contributed by atoms with van der Waals surface area (Å²) in [6.45, 7) is 5.71. The van der Waals surface area contributed by atoms with Gasteiger partial charge in [0.1, 0.15) is 0 Å². The molecule has 140 valence electrons. The number of hydrogen-bond donors (Lipinski definition) is 0. The molecule has 0 radical (unpaired) electrons. The molecule has 1 saturated heterocycles. The molecule has 5 heteroatoms. The van der Waals surface area contributed by atoms with Crippen molar-refractivity contribution in [2.24, 2.45) is 10.8 Å². The van der Waals surface area contributed by atoms with E-state index in [2.05, 4.69) is 12.1 Å². The summed E-state index contributed by atoms with van der Waals surface area (Å²) in [7, 11) is 0. The molecule has 3 heterocycles. The molecule has 0 amide bonds. The number of carbonyl (C=O) groups excluding carboxylic acids is 1. The van der Waals surface area contributed by atoms with Crippen molar-refractivity contribution in [3.63, 3.8) is 0 Å². The zero-order valence-electron chi connectivity index (χ0n) is 16.1.